The van der Waals surface area contributed by atoms with E-state index < -0.39 is 20.9 Å². The van der Waals surface area contributed by atoms with Crippen molar-refractivity contribution in [1.29, 1.82) is 0 Å². The molecule has 5 heteroatoms. The van der Waals surface area contributed by atoms with Crippen LogP contribution in [-0.2, 0) is 4.43 Å². The molecule has 0 aromatic rings. The minimum absolute atomic E-state index is 0. The van der Waals surface area contributed by atoms with Crippen LogP contribution in [0.15, 0.2) is 0 Å². The highest BCUT2D eigenvalue weighted by Crippen LogP contribution is 2.31. The molecule has 1 saturated heterocycles. The summed E-state index contributed by atoms with van der Waals surface area (Å²) in [5.74, 6) is 0. The van der Waals surface area contributed by atoms with Crippen molar-refractivity contribution < 1.29 is 17.6 Å². The first-order chi connectivity index (χ1) is 5.91. The molecule has 0 spiro atoms. The number of hydrogen-bond donors (Lipinski definition) is 0. The monoisotopic (exact) mass is 244 g/mol. The standard InChI is InChI=1S/C8H15F3OSi.2CH4/c1-13(6-3-2-5-12-13)7-4-8(9,10)11;;/h2-7H2,1H3;2*1H4. The number of alkyl halides is 3. The van der Waals surface area contributed by atoms with Gasteiger partial charge in [-0.1, -0.05) is 21.3 Å². The van der Waals surface area contributed by atoms with Crippen molar-refractivity contribution in [2.24, 2.45) is 0 Å². The molecule has 0 radical (unpaired) electrons. The highest BCUT2D eigenvalue weighted by molar-refractivity contribution is 6.72. The first-order valence-corrected chi connectivity index (χ1v) is 7.44. The molecule has 15 heavy (non-hydrogen) atoms. The van der Waals surface area contributed by atoms with Gasteiger partial charge < -0.3 is 4.43 Å². The van der Waals surface area contributed by atoms with E-state index >= 15 is 0 Å². The van der Waals surface area contributed by atoms with Crippen molar-refractivity contribution >= 4 is 8.32 Å². The molecule has 94 valence electrons. The molecule has 1 aliphatic heterocycles. The lowest BCUT2D eigenvalue weighted by molar-refractivity contribution is -0.131. The third kappa shape index (κ3) is 6.95. The van der Waals surface area contributed by atoms with E-state index in [0.29, 0.717) is 6.61 Å². The predicted octanol–water partition coefficient (Wildman–Crippen LogP) is 4.60. The fourth-order valence-electron chi connectivity index (χ4n) is 1.60. The summed E-state index contributed by atoms with van der Waals surface area (Å²) >= 11 is 0. The van der Waals surface area contributed by atoms with E-state index in [1.807, 2.05) is 6.55 Å². The van der Waals surface area contributed by atoms with E-state index in [1.165, 1.54) is 0 Å². The second-order valence-corrected chi connectivity index (χ2v) is 8.06. The SMILES string of the molecule is C.C.C[Si]1(CCC(F)(F)F)CCCCO1. The third-order valence-electron chi connectivity index (χ3n) is 2.49. The van der Waals surface area contributed by atoms with Crippen LogP contribution in [0.5, 0.6) is 0 Å². The lowest BCUT2D eigenvalue weighted by Crippen LogP contribution is -2.38. The van der Waals surface area contributed by atoms with Gasteiger partial charge in [-0.25, -0.2) is 0 Å². The number of hydrogen-bond acceptors (Lipinski definition) is 1. The molecule has 0 N–H and O–H groups in total. The summed E-state index contributed by atoms with van der Waals surface area (Å²) in [4.78, 5) is 0. The van der Waals surface area contributed by atoms with Crippen LogP contribution < -0.4 is 0 Å². The zero-order valence-corrected chi connectivity index (χ0v) is 8.78. The highest BCUT2D eigenvalue weighted by atomic mass is 28.4. The Bertz CT molecular complexity index is 165. The van der Waals surface area contributed by atoms with Gasteiger partial charge >= 0.3 is 6.18 Å². The van der Waals surface area contributed by atoms with Crippen molar-refractivity contribution in [3.05, 3.63) is 0 Å². The van der Waals surface area contributed by atoms with Crippen molar-refractivity contribution in [1.82, 2.24) is 0 Å². The second kappa shape index (κ2) is 6.53. The van der Waals surface area contributed by atoms with E-state index in [-0.39, 0.29) is 20.9 Å². The van der Waals surface area contributed by atoms with Gasteiger partial charge in [0.15, 0.2) is 8.32 Å². The molecule has 0 aromatic carbocycles. The quantitative estimate of drug-likeness (QED) is 0.645. The van der Waals surface area contributed by atoms with Crippen molar-refractivity contribution in [3.63, 3.8) is 0 Å². The van der Waals surface area contributed by atoms with Crippen LogP contribution in [0, 0.1) is 0 Å². The van der Waals surface area contributed by atoms with Crippen LogP contribution in [0.2, 0.25) is 18.6 Å². The summed E-state index contributed by atoms with van der Waals surface area (Å²) in [5.41, 5.74) is 0. The molecule has 1 fully saturated rings. The average Bonchev–Trinajstić information content (AvgIpc) is 2.02. The molecule has 0 saturated carbocycles. The zero-order valence-electron chi connectivity index (χ0n) is 7.78. The predicted molar refractivity (Wildman–Crippen MR) is 60.6 cm³/mol. The van der Waals surface area contributed by atoms with E-state index in [4.69, 9.17) is 4.43 Å². The summed E-state index contributed by atoms with van der Waals surface area (Å²) in [7, 11) is -1.97. The zero-order chi connectivity index (χ0) is 9.95. The minimum Gasteiger partial charge on any atom is -0.417 e. The molecular formula is C10H23F3OSi. The molecule has 1 heterocycles. The van der Waals surface area contributed by atoms with Gasteiger partial charge in [0, 0.05) is 13.0 Å². The van der Waals surface area contributed by atoms with Gasteiger partial charge in [0.05, 0.1) is 0 Å². The largest absolute Gasteiger partial charge is 0.417 e. The van der Waals surface area contributed by atoms with Crippen LogP contribution >= 0.6 is 0 Å². The summed E-state index contributed by atoms with van der Waals surface area (Å²) in [5, 5.41) is 0. The number of halogens is 3. The average molecular weight is 244 g/mol. The summed E-state index contributed by atoms with van der Waals surface area (Å²) < 4.78 is 41.3. The van der Waals surface area contributed by atoms with Gasteiger partial charge in [-0.05, 0) is 25.1 Å². The first kappa shape index (κ1) is 17.4. The Morgan fingerprint density at radius 1 is 1.20 bits per heavy atom. The van der Waals surface area contributed by atoms with Crippen LogP contribution in [0.4, 0.5) is 13.2 Å². The molecular weight excluding hydrogens is 221 g/mol. The first-order valence-electron chi connectivity index (χ1n) is 4.62. The van der Waals surface area contributed by atoms with Crippen molar-refractivity contribution in [3.8, 4) is 0 Å². The smallest absolute Gasteiger partial charge is 0.388 e. The van der Waals surface area contributed by atoms with E-state index in [0.717, 1.165) is 18.9 Å². The normalized spacial score (nSPS) is 26.4. The number of rotatable bonds is 2. The van der Waals surface area contributed by atoms with Gasteiger partial charge in [-0.2, -0.15) is 13.2 Å². The Labute approximate surface area is 92.1 Å². The van der Waals surface area contributed by atoms with Crippen molar-refractivity contribution in [2.75, 3.05) is 6.61 Å². The van der Waals surface area contributed by atoms with E-state index in [1.54, 1.807) is 0 Å². The Morgan fingerprint density at radius 3 is 2.20 bits per heavy atom. The molecule has 1 unspecified atom stereocenters. The maximum atomic E-state index is 11.9. The fraction of sp³-hybridized carbons (Fsp3) is 1.00. The van der Waals surface area contributed by atoms with Gasteiger partial charge in [-0.15, -0.1) is 0 Å². The molecule has 0 amide bonds. The Balaban J connectivity index is 0. The topological polar surface area (TPSA) is 9.23 Å². The lowest BCUT2D eigenvalue weighted by Gasteiger charge is -2.31. The highest BCUT2D eigenvalue weighted by Gasteiger charge is 2.36. The lowest BCUT2D eigenvalue weighted by atomic mass is 10.4. The molecule has 1 atom stereocenters. The molecule has 0 aromatic heterocycles. The minimum atomic E-state index is -4.02. The maximum absolute atomic E-state index is 11.9. The Hall–Kier alpha value is -0.0331. The third-order valence-corrected chi connectivity index (χ3v) is 6.11. The Kier molecular flexibility index (Phi) is 7.56. The van der Waals surface area contributed by atoms with Gasteiger partial charge in [0.2, 0.25) is 0 Å². The summed E-state index contributed by atoms with van der Waals surface area (Å²) in [6, 6.07) is 1.12. The van der Waals surface area contributed by atoms with Gasteiger partial charge in [0.25, 0.3) is 0 Å². The molecule has 1 nitrogen and oxygen atoms in total. The molecule has 1 aliphatic rings. The Morgan fingerprint density at radius 2 is 1.80 bits per heavy atom. The van der Waals surface area contributed by atoms with Crippen LogP contribution in [-0.4, -0.2) is 21.1 Å². The molecule has 0 bridgehead atoms. The van der Waals surface area contributed by atoms with E-state index in [2.05, 4.69) is 0 Å². The van der Waals surface area contributed by atoms with Crippen LogP contribution in [0.25, 0.3) is 0 Å². The molecule has 0 aliphatic carbocycles. The van der Waals surface area contributed by atoms with Gasteiger partial charge in [0.1, 0.15) is 0 Å². The van der Waals surface area contributed by atoms with E-state index in [9.17, 15) is 13.2 Å². The summed E-state index contributed by atoms with van der Waals surface area (Å²) in [6.07, 6.45) is -2.64. The molecule has 1 rings (SSSR count). The summed E-state index contributed by atoms with van der Waals surface area (Å²) in [6.45, 7) is 2.58. The maximum Gasteiger partial charge on any atom is 0.388 e. The van der Waals surface area contributed by atoms with Crippen LogP contribution in [0.3, 0.4) is 0 Å². The van der Waals surface area contributed by atoms with Crippen LogP contribution in [0.1, 0.15) is 34.1 Å². The van der Waals surface area contributed by atoms with Crippen molar-refractivity contribution in [2.45, 2.75) is 58.9 Å². The van der Waals surface area contributed by atoms with Gasteiger partial charge in [-0.3, -0.25) is 0 Å². The fourth-order valence-corrected chi connectivity index (χ4v) is 4.58. The second-order valence-electron chi connectivity index (χ2n) is 3.87.